The molecule has 0 radical (unpaired) electrons. The van der Waals surface area contributed by atoms with E-state index in [0.29, 0.717) is 12.0 Å². The first kappa shape index (κ1) is 24.6. The molecule has 0 bridgehead atoms. The van der Waals surface area contributed by atoms with Gasteiger partial charge in [0.25, 0.3) is 0 Å². The van der Waals surface area contributed by atoms with Crippen LogP contribution < -0.4 is 10.1 Å². The van der Waals surface area contributed by atoms with Gasteiger partial charge < -0.3 is 14.8 Å². The van der Waals surface area contributed by atoms with Crippen LogP contribution in [0.1, 0.15) is 67.3 Å². The van der Waals surface area contributed by atoms with Crippen molar-refractivity contribution in [2.45, 2.75) is 70.9 Å². The Morgan fingerprint density at radius 1 is 0.889 bits per heavy atom. The molecule has 3 atom stereocenters. The lowest BCUT2D eigenvalue weighted by Gasteiger charge is -2.25. The summed E-state index contributed by atoms with van der Waals surface area (Å²) in [6.07, 6.45) is 9.77. The molecule has 0 amide bonds. The summed E-state index contributed by atoms with van der Waals surface area (Å²) in [4.78, 5) is 0. The second kappa shape index (κ2) is 10.9. The Bertz CT molecular complexity index is 1230. The van der Waals surface area contributed by atoms with Crippen molar-refractivity contribution in [1.29, 1.82) is 0 Å². The van der Waals surface area contributed by atoms with E-state index in [1.807, 2.05) is 0 Å². The van der Waals surface area contributed by atoms with Crippen molar-refractivity contribution in [1.82, 2.24) is 0 Å². The van der Waals surface area contributed by atoms with Gasteiger partial charge in [0.1, 0.15) is 5.75 Å². The zero-order valence-corrected chi connectivity index (χ0v) is 22.1. The number of hydrogen-bond donors (Lipinski definition) is 1. The number of rotatable bonds is 9. The van der Waals surface area contributed by atoms with Crippen molar-refractivity contribution in [3.8, 4) is 16.9 Å². The predicted octanol–water partition coefficient (Wildman–Crippen LogP) is 7.82. The summed E-state index contributed by atoms with van der Waals surface area (Å²) in [6.45, 7) is 7.35. The van der Waals surface area contributed by atoms with Gasteiger partial charge in [0.05, 0.1) is 19.3 Å². The lowest BCUT2D eigenvalue weighted by atomic mass is 9.91. The summed E-state index contributed by atoms with van der Waals surface area (Å²) in [5.41, 5.74) is 10.5. The van der Waals surface area contributed by atoms with E-state index in [9.17, 15) is 0 Å². The lowest BCUT2D eigenvalue weighted by Crippen LogP contribution is -2.31. The van der Waals surface area contributed by atoms with Gasteiger partial charge in [-0.05, 0) is 103 Å². The number of hydrogen-bond acceptors (Lipinski definition) is 3. The van der Waals surface area contributed by atoms with Crippen molar-refractivity contribution in [2.24, 2.45) is 0 Å². The minimum absolute atomic E-state index is 0.221. The van der Waals surface area contributed by atoms with E-state index >= 15 is 0 Å². The molecule has 5 rings (SSSR count). The Balaban J connectivity index is 1.48. The number of benzene rings is 3. The molecule has 188 valence electrons. The monoisotopic (exact) mass is 481 g/mol. The van der Waals surface area contributed by atoms with E-state index in [1.54, 1.807) is 7.11 Å². The molecular formula is C33H39NO2. The van der Waals surface area contributed by atoms with E-state index in [-0.39, 0.29) is 6.10 Å². The number of methoxy groups -OCH3 is 1. The fraction of sp³-hybridized carbons (Fsp3) is 0.394. The lowest BCUT2D eigenvalue weighted by molar-refractivity contribution is 0.0607. The van der Waals surface area contributed by atoms with E-state index in [0.717, 1.165) is 44.5 Å². The van der Waals surface area contributed by atoms with Crippen molar-refractivity contribution in [3.63, 3.8) is 0 Å². The Morgan fingerprint density at radius 2 is 1.69 bits per heavy atom. The summed E-state index contributed by atoms with van der Waals surface area (Å²) >= 11 is 0. The molecule has 36 heavy (non-hydrogen) atoms. The van der Waals surface area contributed by atoms with Gasteiger partial charge in [0.2, 0.25) is 0 Å². The molecule has 3 unspecified atom stereocenters. The third-order valence-electron chi connectivity index (χ3n) is 7.97. The second-order valence-electron chi connectivity index (χ2n) is 10.1. The number of allylic oxidation sites excluding steroid dienone is 1. The molecule has 3 aromatic carbocycles. The smallest absolute Gasteiger partial charge is 0.127 e. The van der Waals surface area contributed by atoms with E-state index in [1.165, 1.54) is 44.6 Å². The minimum atomic E-state index is 0.221. The zero-order chi connectivity index (χ0) is 25.1. The van der Waals surface area contributed by atoms with Crippen molar-refractivity contribution >= 4 is 11.8 Å². The molecule has 3 heteroatoms. The van der Waals surface area contributed by atoms with E-state index in [2.05, 4.69) is 92.8 Å². The standard InChI is InChI=1S/C33H39NO2/c1-5-22-18-30(34-31-19-27(21-33(31)36-7-3)24-12-9-8-10-13-24)23(6-2)16-28(22)29-17-25-14-11-15-26(25)20-32(29)35-4/h8-14,16-18,20,27,31,33-34H,5-7,15,19,21H2,1-4H3. The van der Waals surface area contributed by atoms with Crippen LogP contribution in [-0.4, -0.2) is 25.9 Å². The molecular weight excluding hydrogens is 442 g/mol. The van der Waals surface area contributed by atoms with Crippen LogP contribution >= 0.6 is 0 Å². The number of fused-ring (bicyclic) bond motifs is 1. The normalized spacial score (nSPS) is 20.5. The molecule has 1 fully saturated rings. The Kier molecular flexibility index (Phi) is 7.48. The molecule has 1 saturated carbocycles. The van der Waals surface area contributed by atoms with Gasteiger partial charge in [-0.3, -0.25) is 0 Å². The number of anilines is 1. The Labute approximate surface area is 216 Å². The van der Waals surface area contributed by atoms with E-state index < -0.39 is 0 Å². The highest BCUT2D eigenvalue weighted by atomic mass is 16.5. The van der Waals surface area contributed by atoms with Crippen LogP contribution in [0.2, 0.25) is 0 Å². The van der Waals surface area contributed by atoms with Crippen molar-refractivity contribution in [3.05, 3.63) is 88.5 Å². The molecule has 0 aromatic heterocycles. The number of aryl methyl sites for hydroxylation is 2. The summed E-state index contributed by atoms with van der Waals surface area (Å²) in [5, 5.41) is 3.95. The molecule has 2 aliphatic carbocycles. The van der Waals surface area contributed by atoms with Crippen LogP contribution in [0.5, 0.6) is 5.75 Å². The minimum Gasteiger partial charge on any atom is -0.496 e. The van der Waals surface area contributed by atoms with Gasteiger partial charge in [-0.1, -0.05) is 56.3 Å². The maximum Gasteiger partial charge on any atom is 0.127 e. The molecule has 1 N–H and O–H groups in total. The maximum absolute atomic E-state index is 6.25. The number of ether oxygens (including phenoxy) is 2. The van der Waals surface area contributed by atoms with Crippen molar-refractivity contribution < 1.29 is 9.47 Å². The zero-order valence-electron chi connectivity index (χ0n) is 22.1. The van der Waals surface area contributed by atoms with Crippen molar-refractivity contribution in [2.75, 3.05) is 19.0 Å². The predicted molar refractivity (Wildman–Crippen MR) is 151 cm³/mol. The molecule has 3 nitrogen and oxygen atoms in total. The highest BCUT2D eigenvalue weighted by Gasteiger charge is 2.36. The van der Waals surface area contributed by atoms with Crippen LogP contribution in [0.4, 0.5) is 5.69 Å². The SMILES string of the molecule is CCOC1CC(c2ccccc2)CC1Nc1cc(CC)c(-c2cc3c(cc2OC)CC=C3)cc1CC. The van der Waals surface area contributed by atoms with Crippen LogP contribution in [0.15, 0.2) is 60.7 Å². The van der Waals surface area contributed by atoms with Gasteiger partial charge >= 0.3 is 0 Å². The number of nitrogens with one attached hydrogen (secondary N) is 1. The van der Waals surface area contributed by atoms with Gasteiger partial charge in [-0.15, -0.1) is 0 Å². The largest absolute Gasteiger partial charge is 0.496 e. The summed E-state index contributed by atoms with van der Waals surface area (Å²) < 4.78 is 12.1. The fourth-order valence-corrected chi connectivity index (χ4v) is 6.07. The summed E-state index contributed by atoms with van der Waals surface area (Å²) in [7, 11) is 1.78. The summed E-state index contributed by atoms with van der Waals surface area (Å²) in [5.74, 6) is 1.49. The fourth-order valence-electron chi connectivity index (χ4n) is 6.07. The maximum atomic E-state index is 6.25. The average molecular weight is 482 g/mol. The highest BCUT2D eigenvalue weighted by molar-refractivity contribution is 5.81. The molecule has 0 aliphatic heterocycles. The molecule has 3 aromatic rings. The summed E-state index contributed by atoms with van der Waals surface area (Å²) in [6, 6.07) is 20.5. The van der Waals surface area contributed by atoms with E-state index in [4.69, 9.17) is 9.47 Å². The highest BCUT2D eigenvalue weighted by Crippen LogP contribution is 2.41. The van der Waals surface area contributed by atoms with Gasteiger partial charge in [-0.2, -0.15) is 0 Å². The average Bonchev–Trinajstić information content (AvgIpc) is 3.55. The third-order valence-corrected chi connectivity index (χ3v) is 7.97. The Morgan fingerprint density at radius 3 is 2.42 bits per heavy atom. The topological polar surface area (TPSA) is 30.5 Å². The quantitative estimate of drug-likeness (QED) is 0.338. The second-order valence-corrected chi connectivity index (χ2v) is 10.1. The first-order chi connectivity index (χ1) is 17.6. The van der Waals surface area contributed by atoms with Crippen LogP contribution in [0.25, 0.3) is 17.2 Å². The van der Waals surface area contributed by atoms with Gasteiger partial charge in [0, 0.05) is 17.9 Å². The molecule has 0 saturated heterocycles. The van der Waals surface area contributed by atoms with Crippen LogP contribution in [-0.2, 0) is 24.0 Å². The molecule has 0 spiro atoms. The third kappa shape index (κ3) is 4.82. The van der Waals surface area contributed by atoms with Crippen LogP contribution in [0.3, 0.4) is 0 Å². The van der Waals surface area contributed by atoms with Gasteiger partial charge in [-0.25, -0.2) is 0 Å². The molecule has 2 aliphatic rings. The first-order valence-corrected chi connectivity index (χ1v) is 13.6. The Hall–Kier alpha value is -3.04. The van der Waals surface area contributed by atoms with Crippen LogP contribution in [0, 0.1) is 0 Å². The molecule has 0 heterocycles. The first-order valence-electron chi connectivity index (χ1n) is 13.6. The van der Waals surface area contributed by atoms with Gasteiger partial charge in [0.15, 0.2) is 0 Å².